The largest absolute Gasteiger partial charge is 0.487 e. The van der Waals surface area contributed by atoms with Gasteiger partial charge < -0.3 is 25.3 Å². The summed E-state index contributed by atoms with van der Waals surface area (Å²) in [6.45, 7) is 4.48. The second-order valence-corrected chi connectivity index (χ2v) is 4.98. The zero-order valence-corrected chi connectivity index (χ0v) is 11.5. The highest BCUT2D eigenvalue weighted by atomic mass is 32.1. The number of nitrogens with two attached hydrogens (primary N) is 1. The average molecular weight is 273 g/mol. The van der Waals surface area contributed by atoms with Gasteiger partial charge in [0, 0.05) is 26.7 Å². The highest BCUT2D eigenvalue weighted by molar-refractivity contribution is 7.11. The Bertz CT molecular complexity index is 391. The van der Waals surface area contributed by atoms with Crippen LogP contribution >= 0.6 is 11.5 Å². The lowest BCUT2D eigenvalue weighted by molar-refractivity contribution is -0.00617. The Balaban J connectivity index is 2.01. The minimum absolute atomic E-state index is 0.262. The molecule has 1 saturated heterocycles. The lowest BCUT2D eigenvalue weighted by atomic mass is 10.0. The van der Waals surface area contributed by atoms with Gasteiger partial charge in [0.05, 0.1) is 13.2 Å². The molecule has 1 aromatic heterocycles. The summed E-state index contributed by atoms with van der Waals surface area (Å²) < 4.78 is 20.5. The van der Waals surface area contributed by atoms with Crippen molar-refractivity contribution < 1.29 is 14.2 Å². The molecule has 0 aromatic carbocycles. The molecular formula is C11H19N3O3S. The van der Waals surface area contributed by atoms with E-state index in [1.165, 1.54) is 11.5 Å². The van der Waals surface area contributed by atoms with Crippen LogP contribution in [0.5, 0.6) is 5.75 Å². The molecule has 2 heterocycles. The Morgan fingerprint density at radius 2 is 2.44 bits per heavy atom. The third-order valence-corrected chi connectivity index (χ3v) is 3.83. The predicted molar refractivity (Wildman–Crippen MR) is 71.4 cm³/mol. The molecule has 7 heteroatoms. The van der Waals surface area contributed by atoms with Crippen LogP contribution in [0.1, 0.15) is 13.3 Å². The first-order valence-electron chi connectivity index (χ1n) is 5.95. The van der Waals surface area contributed by atoms with E-state index < -0.39 is 0 Å². The normalized spacial score (nSPS) is 23.2. The molecule has 1 atom stereocenters. The first-order valence-corrected chi connectivity index (χ1v) is 6.73. The summed E-state index contributed by atoms with van der Waals surface area (Å²) in [6, 6.07) is 0. The van der Waals surface area contributed by atoms with Crippen molar-refractivity contribution in [3.8, 4) is 5.75 Å². The number of hydrogen-bond donors (Lipinski definition) is 2. The Hall–Kier alpha value is -1.05. The first kappa shape index (κ1) is 13.4. The van der Waals surface area contributed by atoms with Gasteiger partial charge in [-0.2, -0.15) is 4.37 Å². The van der Waals surface area contributed by atoms with Crippen molar-refractivity contribution in [3.63, 3.8) is 0 Å². The minimum Gasteiger partial charge on any atom is -0.487 e. The van der Waals surface area contributed by atoms with Crippen LogP contribution in [0.2, 0.25) is 0 Å². The number of anilines is 2. The van der Waals surface area contributed by atoms with Gasteiger partial charge in [0.1, 0.15) is 5.60 Å². The van der Waals surface area contributed by atoms with Gasteiger partial charge in [0.15, 0.2) is 16.6 Å². The van der Waals surface area contributed by atoms with Gasteiger partial charge in [-0.15, -0.1) is 0 Å². The van der Waals surface area contributed by atoms with E-state index in [2.05, 4.69) is 9.69 Å². The fourth-order valence-corrected chi connectivity index (χ4v) is 2.55. The Kier molecular flexibility index (Phi) is 4.26. The fraction of sp³-hybridized carbons (Fsp3) is 0.727. The Morgan fingerprint density at radius 1 is 1.61 bits per heavy atom. The molecule has 1 aliphatic heterocycles. The minimum atomic E-state index is -0.262. The highest BCUT2D eigenvalue weighted by Gasteiger charge is 2.35. The van der Waals surface area contributed by atoms with Crippen molar-refractivity contribution >= 4 is 22.4 Å². The van der Waals surface area contributed by atoms with Crippen LogP contribution in [0.15, 0.2) is 0 Å². The SMILES string of the molecule is CCOc1c(N)nsc1NCC1(OC)CCOC1. The molecule has 6 nitrogen and oxygen atoms in total. The predicted octanol–water partition coefficient (Wildman–Crippen LogP) is 1.34. The maximum absolute atomic E-state index is 5.75. The van der Waals surface area contributed by atoms with Crippen LogP contribution in [-0.4, -0.2) is 43.4 Å². The van der Waals surface area contributed by atoms with Crippen molar-refractivity contribution in [2.75, 3.05) is 44.5 Å². The van der Waals surface area contributed by atoms with Crippen molar-refractivity contribution in [1.29, 1.82) is 0 Å². The summed E-state index contributed by atoms with van der Waals surface area (Å²) in [7, 11) is 1.71. The van der Waals surface area contributed by atoms with Crippen LogP contribution in [0.4, 0.5) is 10.8 Å². The number of nitrogens with zero attached hydrogens (tertiary/aromatic N) is 1. The maximum atomic E-state index is 5.75. The molecule has 2 rings (SSSR count). The summed E-state index contributed by atoms with van der Waals surface area (Å²) in [5.41, 5.74) is 5.49. The van der Waals surface area contributed by atoms with E-state index in [-0.39, 0.29) is 5.60 Å². The summed E-state index contributed by atoms with van der Waals surface area (Å²) in [5.74, 6) is 1.06. The molecule has 3 N–H and O–H groups in total. The first-order chi connectivity index (χ1) is 8.71. The summed E-state index contributed by atoms with van der Waals surface area (Å²) >= 11 is 1.30. The number of hydrogen-bond acceptors (Lipinski definition) is 7. The Labute approximate surface area is 111 Å². The molecule has 0 saturated carbocycles. The second kappa shape index (κ2) is 5.73. The number of rotatable bonds is 6. The van der Waals surface area contributed by atoms with Gasteiger partial charge in [0.25, 0.3) is 0 Å². The van der Waals surface area contributed by atoms with E-state index in [4.69, 9.17) is 19.9 Å². The van der Waals surface area contributed by atoms with Crippen molar-refractivity contribution in [1.82, 2.24) is 4.37 Å². The highest BCUT2D eigenvalue weighted by Crippen LogP contribution is 2.36. The van der Waals surface area contributed by atoms with Gasteiger partial charge in [0.2, 0.25) is 0 Å². The molecule has 0 bridgehead atoms. The zero-order chi connectivity index (χ0) is 13.0. The van der Waals surface area contributed by atoms with E-state index in [9.17, 15) is 0 Å². The molecule has 0 radical (unpaired) electrons. The van der Waals surface area contributed by atoms with Crippen LogP contribution in [0, 0.1) is 0 Å². The molecule has 0 amide bonds. The number of nitrogens with one attached hydrogen (secondary N) is 1. The van der Waals surface area contributed by atoms with Gasteiger partial charge in [-0.05, 0) is 18.5 Å². The number of ether oxygens (including phenoxy) is 3. The van der Waals surface area contributed by atoms with Gasteiger partial charge in [-0.1, -0.05) is 0 Å². The quantitative estimate of drug-likeness (QED) is 0.814. The van der Waals surface area contributed by atoms with Crippen LogP contribution in [0.3, 0.4) is 0 Å². The van der Waals surface area contributed by atoms with Gasteiger partial charge >= 0.3 is 0 Å². The fourth-order valence-electron chi connectivity index (χ4n) is 1.89. The molecular weight excluding hydrogens is 254 g/mol. The van der Waals surface area contributed by atoms with E-state index in [0.29, 0.717) is 31.3 Å². The van der Waals surface area contributed by atoms with Crippen molar-refractivity contribution in [2.24, 2.45) is 0 Å². The molecule has 102 valence electrons. The monoisotopic (exact) mass is 273 g/mol. The smallest absolute Gasteiger partial charge is 0.197 e. The van der Waals surface area contributed by atoms with Crippen molar-refractivity contribution in [3.05, 3.63) is 0 Å². The summed E-state index contributed by atoms with van der Waals surface area (Å²) in [6.07, 6.45) is 0.884. The van der Waals surface area contributed by atoms with Crippen LogP contribution in [-0.2, 0) is 9.47 Å². The van der Waals surface area contributed by atoms with Gasteiger partial charge in [-0.25, -0.2) is 0 Å². The van der Waals surface area contributed by atoms with Crippen molar-refractivity contribution in [2.45, 2.75) is 18.9 Å². The number of nitrogen functional groups attached to an aromatic ring is 1. The molecule has 1 unspecified atom stereocenters. The number of methoxy groups -OCH3 is 1. The second-order valence-electron chi connectivity index (χ2n) is 4.20. The van der Waals surface area contributed by atoms with E-state index >= 15 is 0 Å². The molecule has 0 spiro atoms. The third-order valence-electron chi connectivity index (χ3n) is 3.03. The van der Waals surface area contributed by atoms with Crippen LogP contribution < -0.4 is 15.8 Å². The lowest BCUT2D eigenvalue weighted by Gasteiger charge is -2.26. The summed E-state index contributed by atoms with van der Waals surface area (Å²) in [5, 5.41) is 4.14. The molecule has 1 fully saturated rings. The zero-order valence-electron chi connectivity index (χ0n) is 10.7. The summed E-state index contributed by atoms with van der Waals surface area (Å²) in [4.78, 5) is 0. The molecule has 18 heavy (non-hydrogen) atoms. The van der Waals surface area contributed by atoms with E-state index in [0.717, 1.165) is 18.0 Å². The van der Waals surface area contributed by atoms with E-state index in [1.54, 1.807) is 7.11 Å². The molecule has 1 aromatic rings. The average Bonchev–Trinajstić information content (AvgIpc) is 2.97. The van der Waals surface area contributed by atoms with Gasteiger partial charge in [-0.3, -0.25) is 0 Å². The standard InChI is InChI=1S/C11H19N3O3S/c1-3-17-8-9(12)14-18-10(8)13-6-11(15-2)4-5-16-7-11/h13H,3-7H2,1-2H3,(H2,12,14). The van der Waals surface area contributed by atoms with Crippen LogP contribution in [0.25, 0.3) is 0 Å². The van der Waals surface area contributed by atoms with E-state index in [1.807, 2.05) is 6.92 Å². The Morgan fingerprint density at radius 3 is 3.06 bits per heavy atom. The molecule has 1 aliphatic rings. The third kappa shape index (κ3) is 2.68. The lowest BCUT2D eigenvalue weighted by Crippen LogP contribution is -2.39. The maximum Gasteiger partial charge on any atom is 0.197 e. The number of aromatic nitrogens is 1. The topological polar surface area (TPSA) is 78.6 Å². The molecule has 0 aliphatic carbocycles.